The van der Waals surface area contributed by atoms with Crippen molar-refractivity contribution >= 4 is 16.7 Å². The summed E-state index contributed by atoms with van der Waals surface area (Å²) in [5, 5.41) is 8.31. The van der Waals surface area contributed by atoms with Gasteiger partial charge >= 0.3 is 0 Å². The molecule has 1 aromatic rings. The van der Waals surface area contributed by atoms with E-state index in [1.54, 1.807) is 17.6 Å². The van der Waals surface area contributed by atoms with Crippen molar-refractivity contribution < 1.29 is 14.2 Å². The minimum absolute atomic E-state index is 0.0814. The lowest BCUT2D eigenvalue weighted by Gasteiger charge is -2.15. The monoisotopic (exact) mass is 269 g/mol. The molecule has 1 aromatic carbocycles. The van der Waals surface area contributed by atoms with Crippen LogP contribution in [0, 0.1) is 0 Å². The highest BCUT2D eigenvalue weighted by Crippen LogP contribution is 2.18. The molecule has 0 aromatic heterocycles. The molecule has 0 radical (unpaired) electrons. The number of hydrogen-bond acceptors (Lipinski definition) is 3. The summed E-state index contributed by atoms with van der Waals surface area (Å²) >= 11 is 0. The molecule has 2 N–H and O–H groups in total. The molecular weight excluding hydrogens is 250 g/mol. The second-order valence-corrected chi connectivity index (χ2v) is 5.85. The van der Waals surface area contributed by atoms with E-state index in [1.165, 1.54) is 0 Å². The van der Waals surface area contributed by atoms with Crippen molar-refractivity contribution in [1.82, 2.24) is 5.48 Å². The Morgan fingerprint density at radius 2 is 2.06 bits per heavy atom. The highest BCUT2D eigenvalue weighted by molar-refractivity contribution is 7.85. The van der Waals surface area contributed by atoms with E-state index < -0.39 is 16.7 Å². The van der Waals surface area contributed by atoms with Crippen molar-refractivity contribution in [3.05, 3.63) is 30.3 Å². The molecule has 1 rings (SSSR count). The van der Waals surface area contributed by atoms with Crippen LogP contribution < -0.4 is 5.48 Å². The third kappa shape index (κ3) is 4.58. The summed E-state index contributed by atoms with van der Waals surface area (Å²) in [6.07, 6.45) is 2.70. The Kier molecular flexibility index (Phi) is 6.60. The molecule has 1 amide bonds. The van der Waals surface area contributed by atoms with Gasteiger partial charge in [-0.3, -0.25) is 14.2 Å². The molecule has 100 valence electrons. The summed E-state index contributed by atoms with van der Waals surface area (Å²) < 4.78 is 12.4. The highest BCUT2D eigenvalue weighted by Gasteiger charge is 2.21. The summed E-state index contributed by atoms with van der Waals surface area (Å²) in [6.45, 7) is 2.05. The van der Waals surface area contributed by atoms with Crippen LogP contribution in [0.4, 0.5) is 0 Å². The van der Waals surface area contributed by atoms with Gasteiger partial charge in [0, 0.05) is 16.6 Å². The summed E-state index contributed by atoms with van der Waals surface area (Å²) in [7, 11) is -1.22. The highest BCUT2D eigenvalue weighted by atomic mass is 32.2. The molecule has 0 spiro atoms. The number of unbranched alkanes of at least 4 members (excludes halogenated alkanes) is 1. The first-order valence-electron chi connectivity index (χ1n) is 6.07. The number of carbonyl (C=O) groups excluding carboxylic acids is 1. The lowest BCUT2D eigenvalue weighted by molar-refractivity contribution is -0.129. The molecule has 0 aliphatic rings. The standard InChI is InChI=1S/C13H19NO3S/c1-2-3-7-12(10-13(15)14-16)18(17)11-8-5-4-6-9-11/h4-6,8-9,12,16H,2-3,7,10H2,1H3,(H,14,15)/t12-,18+/m0/s1. The minimum Gasteiger partial charge on any atom is -0.289 e. The normalized spacial score (nSPS) is 13.9. The SMILES string of the molecule is CCCC[C@@H](CC(=O)NO)[S@](=O)c1ccccc1. The van der Waals surface area contributed by atoms with Crippen molar-refractivity contribution in [3.8, 4) is 0 Å². The maximum absolute atomic E-state index is 12.4. The van der Waals surface area contributed by atoms with E-state index in [2.05, 4.69) is 6.92 Å². The first-order chi connectivity index (χ1) is 8.69. The van der Waals surface area contributed by atoms with E-state index in [0.717, 1.165) is 17.7 Å². The van der Waals surface area contributed by atoms with E-state index >= 15 is 0 Å². The Labute approximate surface area is 110 Å². The Bertz CT molecular complexity index is 394. The minimum atomic E-state index is -1.22. The molecular formula is C13H19NO3S. The quantitative estimate of drug-likeness (QED) is 0.589. The first-order valence-corrected chi connectivity index (χ1v) is 7.29. The van der Waals surface area contributed by atoms with Crippen LogP contribution in [-0.4, -0.2) is 20.6 Å². The third-order valence-corrected chi connectivity index (χ3v) is 4.44. The topological polar surface area (TPSA) is 66.4 Å². The van der Waals surface area contributed by atoms with Gasteiger partial charge in [0.15, 0.2) is 0 Å². The maximum atomic E-state index is 12.4. The van der Waals surface area contributed by atoms with Gasteiger partial charge in [-0.2, -0.15) is 0 Å². The molecule has 0 unspecified atom stereocenters. The number of hydrogen-bond donors (Lipinski definition) is 2. The number of hydroxylamine groups is 1. The van der Waals surface area contributed by atoms with E-state index in [0.29, 0.717) is 6.42 Å². The molecule has 4 nitrogen and oxygen atoms in total. The van der Waals surface area contributed by atoms with Crippen LogP contribution in [0.25, 0.3) is 0 Å². The lowest BCUT2D eigenvalue weighted by Crippen LogP contribution is -2.27. The van der Waals surface area contributed by atoms with Gasteiger partial charge in [-0.05, 0) is 18.6 Å². The number of amides is 1. The Hall–Kier alpha value is -1.20. The molecule has 0 saturated heterocycles. The Morgan fingerprint density at radius 1 is 1.39 bits per heavy atom. The van der Waals surface area contributed by atoms with Gasteiger partial charge in [0.25, 0.3) is 0 Å². The first kappa shape index (κ1) is 14.9. The van der Waals surface area contributed by atoms with E-state index in [-0.39, 0.29) is 11.7 Å². The lowest BCUT2D eigenvalue weighted by atomic mass is 10.1. The zero-order valence-electron chi connectivity index (χ0n) is 10.5. The van der Waals surface area contributed by atoms with Crippen LogP contribution in [0.2, 0.25) is 0 Å². The molecule has 0 fully saturated rings. The number of rotatable bonds is 7. The van der Waals surface area contributed by atoms with Crippen molar-refractivity contribution in [2.75, 3.05) is 0 Å². The zero-order valence-corrected chi connectivity index (χ0v) is 11.3. The summed E-state index contributed by atoms with van der Waals surface area (Å²) in [5.74, 6) is -0.486. The van der Waals surface area contributed by atoms with Crippen LogP contribution >= 0.6 is 0 Å². The zero-order chi connectivity index (χ0) is 13.4. The van der Waals surface area contributed by atoms with Crippen molar-refractivity contribution in [2.24, 2.45) is 0 Å². The summed E-state index contributed by atoms with van der Waals surface area (Å²) in [5.41, 5.74) is 1.60. The Morgan fingerprint density at radius 3 is 2.61 bits per heavy atom. The van der Waals surface area contributed by atoms with E-state index in [1.807, 2.05) is 18.2 Å². The van der Waals surface area contributed by atoms with Gasteiger partial charge in [0.05, 0.1) is 10.8 Å². The van der Waals surface area contributed by atoms with Crippen LogP contribution in [0.1, 0.15) is 32.6 Å². The summed E-state index contributed by atoms with van der Waals surface area (Å²) in [4.78, 5) is 12.0. The third-order valence-electron chi connectivity index (χ3n) is 2.70. The summed E-state index contributed by atoms with van der Waals surface area (Å²) in [6, 6.07) is 9.12. The van der Waals surface area contributed by atoms with Crippen molar-refractivity contribution in [3.63, 3.8) is 0 Å². The van der Waals surface area contributed by atoms with E-state index in [9.17, 15) is 9.00 Å². The number of benzene rings is 1. The van der Waals surface area contributed by atoms with Gasteiger partial charge in [-0.15, -0.1) is 0 Å². The second kappa shape index (κ2) is 8.00. The molecule has 2 atom stereocenters. The maximum Gasteiger partial charge on any atom is 0.244 e. The van der Waals surface area contributed by atoms with Gasteiger partial charge in [0.2, 0.25) is 5.91 Å². The number of carbonyl (C=O) groups is 1. The molecule has 0 saturated carbocycles. The Balaban J connectivity index is 2.75. The fraction of sp³-hybridized carbons (Fsp3) is 0.462. The average Bonchev–Trinajstić information content (AvgIpc) is 2.43. The van der Waals surface area contributed by atoms with Crippen molar-refractivity contribution in [1.29, 1.82) is 0 Å². The van der Waals surface area contributed by atoms with Gasteiger partial charge in [-0.25, -0.2) is 5.48 Å². The van der Waals surface area contributed by atoms with Gasteiger partial charge in [-0.1, -0.05) is 38.0 Å². The van der Waals surface area contributed by atoms with Gasteiger partial charge < -0.3 is 0 Å². The van der Waals surface area contributed by atoms with Crippen molar-refractivity contribution in [2.45, 2.75) is 42.8 Å². The van der Waals surface area contributed by atoms with Crippen LogP contribution in [0.3, 0.4) is 0 Å². The fourth-order valence-corrected chi connectivity index (χ4v) is 3.21. The molecule has 18 heavy (non-hydrogen) atoms. The number of nitrogens with one attached hydrogen (secondary N) is 1. The van der Waals surface area contributed by atoms with E-state index in [4.69, 9.17) is 5.21 Å². The molecule has 0 heterocycles. The largest absolute Gasteiger partial charge is 0.289 e. The predicted octanol–water partition coefficient (Wildman–Crippen LogP) is 2.25. The van der Waals surface area contributed by atoms with Crippen LogP contribution in [0.5, 0.6) is 0 Å². The molecule has 0 bridgehead atoms. The van der Waals surface area contributed by atoms with Crippen LogP contribution in [0.15, 0.2) is 35.2 Å². The fourth-order valence-electron chi connectivity index (χ4n) is 1.72. The second-order valence-electron chi connectivity index (χ2n) is 4.11. The average molecular weight is 269 g/mol. The smallest absolute Gasteiger partial charge is 0.244 e. The molecule has 0 aliphatic heterocycles. The van der Waals surface area contributed by atoms with Crippen LogP contribution in [-0.2, 0) is 15.6 Å². The van der Waals surface area contributed by atoms with Gasteiger partial charge in [0.1, 0.15) is 0 Å². The molecule has 5 heteroatoms. The molecule has 0 aliphatic carbocycles. The predicted molar refractivity (Wildman–Crippen MR) is 70.7 cm³/mol.